The van der Waals surface area contributed by atoms with E-state index in [9.17, 15) is 0 Å². The van der Waals surface area contributed by atoms with Gasteiger partial charge >= 0.3 is 125 Å². The average molecular weight is 413 g/mol. The van der Waals surface area contributed by atoms with E-state index in [1.165, 1.54) is 31.4 Å². The summed E-state index contributed by atoms with van der Waals surface area (Å²) in [6.07, 6.45) is 5.70. The maximum atomic E-state index is 5.86. The third kappa shape index (κ3) is 4.90. The Kier molecular flexibility index (Phi) is 8.07. The normalized spacial score (nSPS) is 23.5. The number of hydrogen-bond acceptors (Lipinski definition) is 3. The second-order valence-electron chi connectivity index (χ2n) is 5.84. The molecule has 1 aliphatic rings. The summed E-state index contributed by atoms with van der Waals surface area (Å²) in [5.41, 5.74) is 0. The Labute approximate surface area is 125 Å². The van der Waals surface area contributed by atoms with Crippen molar-refractivity contribution in [2.45, 2.75) is 66.4 Å². The van der Waals surface area contributed by atoms with E-state index in [2.05, 4.69) is 44.8 Å². The summed E-state index contributed by atoms with van der Waals surface area (Å²) in [6, 6.07) is 0. The van der Waals surface area contributed by atoms with Gasteiger partial charge in [-0.25, -0.2) is 0 Å². The molecule has 0 saturated carbocycles. The van der Waals surface area contributed by atoms with Crippen molar-refractivity contribution in [3.05, 3.63) is 0 Å². The van der Waals surface area contributed by atoms with Crippen LogP contribution >= 0.6 is 17.9 Å². The van der Waals surface area contributed by atoms with Gasteiger partial charge in [-0.1, -0.05) is 0 Å². The molecular formula is C13H30OS2SiSn. The summed E-state index contributed by atoms with van der Waals surface area (Å²) >= 11 is -1.89. The number of hydrogen-bond donors (Lipinski definition) is 0. The van der Waals surface area contributed by atoms with Gasteiger partial charge in [0.15, 0.2) is 0 Å². The maximum absolute atomic E-state index is 5.86. The van der Waals surface area contributed by atoms with Crippen LogP contribution in [0.15, 0.2) is 0 Å². The fraction of sp³-hybridized carbons (Fsp3) is 1.00. The van der Waals surface area contributed by atoms with Gasteiger partial charge in [0, 0.05) is 0 Å². The molecule has 0 spiro atoms. The Morgan fingerprint density at radius 1 is 1.17 bits per heavy atom. The number of unbranched alkanes of at least 4 members (excludes halogenated alkanes) is 2. The molecule has 0 aromatic rings. The molecule has 0 N–H and O–H groups in total. The summed E-state index contributed by atoms with van der Waals surface area (Å²) in [5, 5.41) is 0. The number of rotatable bonds is 8. The van der Waals surface area contributed by atoms with Gasteiger partial charge in [-0.3, -0.25) is 0 Å². The molecule has 1 rings (SSSR count). The SMILES string of the molecule is CCC[CH2][Sn]1([CH2]CCC)[S]CC([Si](C)(C)OC)[S]1. The van der Waals surface area contributed by atoms with Crippen LogP contribution < -0.4 is 0 Å². The molecule has 0 radical (unpaired) electrons. The molecule has 0 aromatic heterocycles. The zero-order valence-electron chi connectivity index (χ0n) is 12.8. The van der Waals surface area contributed by atoms with Crippen molar-refractivity contribution in [2.75, 3.05) is 12.9 Å². The van der Waals surface area contributed by atoms with E-state index in [0.29, 0.717) is 0 Å². The molecule has 1 saturated heterocycles. The van der Waals surface area contributed by atoms with Crippen LogP contribution in [-0.2, 0) is 4.43 Å². The van der Waals surface area contributed by atoms with E-state index in [1.807, 2.05) is 7.11 Å². The fourth-order valence-electron chi connectivity index (χ4n) is 2.31. The van der Waals surface area contributed by atoms with Gasteiger partial charge in [0.2, 0.25) is 0 Å². The summed E-state index contributed by atoms with van der Waals surface area (Å²) in [5.74, 6) is 1.40. The van der Waals surface area contributed by atoms with Crippen molar-refractivity contribution in [1.29, 1.82) is 0 Å². The minimum absolute atomic E-state index is 0.872. The van der Waals surface area contributed by atoms with E-state index in [0.717, 1.165) is 4.87 Å². The Balaban J connectivity index is 2.64. The van der Waals surface area contributed by atoms with E-state index in [4.69, 9.17) is 4.43 Å². The molecular weight excluding hydrogens is 383 g/mol. The van der Waals surface area contributed by atoms with Crippen molar-refractivity contribution in [1.82, 2.24) is 0 Å². The molecule has 108 valence electrons. The Hall–Kier alpha value is 1.68. The van der Waals surface area contributed by atoms with Gasteiger partial charge in [-0.05, 0) is 0 Å². The first-order valence-corrected chi connectivity index (χ1v) is 23.2. The van der Waals surface area contributed by atoms with E-state index in [1.54, 1.807) is 8.87 Å². The first-order chi connectivity index (χ1) is 8.49. The molecule has 1 heterocycles. The Bertz CT molecular complexity index is 243. The van der Waals surface area contributed by atoms with E-state index < -0.39 is 23.9 Å². The van der Waals surface area contributed by atoms with Crippen molar-refractivity contribution < 1.29 is 4.43 Å². The van der Waals surface area contributed by atoms with Gasteiger partial charge in [0.1, 0.15) is 0 Å². The van der Waals surface area contributed by atoms with Crippen LogP contribution in [-0.4, -0.2) is 41.7 Å². The standard InChI is InChI=1S/C5H14OS2Si.2C4H9.Sn/c1-6-9(2,3)5(8)4-7;2*1-3-4-2;/h5,7-8H,4H2,1-3H3;2*1,3-4H2,2H3;/q;;;+2/p-2. The van der Waals surface area contributed by atoms with Crippen molar-refractivity contribution in [3.63, 3.8) is 0 Å². The van der Waals surface area contributed by atoms with Crippen molar-refractivity contribution >= 4 is 41.8 Å². The Morgan fingerprint density at radius 2 is 1.72 bits per heavy atom. The molecule has 0 aromatic carbocycles. The molecule has 1 aliphatic heterocycles. The van der Waals surface area contributed by atoms with E-state index in [-0.39, 0.29) is 0 Å². The van der Waals surface area contributed by atoms with E-state index >= 15 is 0 Å². The molecule has 0 aliphatic carbocycles. The summed E-state index contributed by atoms with van der Waals surface area (Å²) < 4.78 is 9.07. The van der Waals surface area contributed by atoms with Gasteiger partial charge in [0.25, 0.3) is 0 Å². The van der Waals surface area contributed by atoms with Crippen LogP contribution in [0.2, 0.25) is 22.0 Å². The van der Waals surface area contributed by atoms with Crippen LogP contribution in [0, 0.1) is 0 Å². The molecule has 0 bridgehead atoms. The monoisotopic (exact) mass is 414 g/mol. The zero-order chi connectivity index (χ0) is 13.6. The topological polar surface area (TPSA) is 9.23 Å². The second kappa shape index (κ2) is 8.20. The van der Waals surface area contributed by atoms with Crippen LogP contribution in [0.3, 0.4) is 0 Å². The molecule has 1 atom stereocenters. The molecule has 1 unspecified atom stereocenters. The zero-order valence-corrected chi connectivity index (χ0v) is 18.2. The van der Waals surface area contributed by atoms with Crippen molar-refractivity contribution in [3.8, 4) is 0 Å². The quantitative estimate of drug-likeness (QED) is 0.502. The second-order valence-corrected chi connectivity index (χ2v) is 36.8. The summed E-state index contributed by atoms with van der Waals surface area (Å²) in [6.45, 7) is 9.50. The summed E-state index contributed by atoms with van der Waals surface area (Å²) in [4.78, 5) is 0.872. The van der Waals surface area contributed by atoms with Crippen LogP contribution in [0.5, 0.6) is 0 Å². The minimum atomic E-state index is -1.89. The third-order valence-electron chi connectivity index (χ3n) is 3.98. The molecule has 18 heavy (non-hydrogen) atoms. The first-order valence-electron chi connectivity index (χ1n) is 7.36. The van der Waals surface area contributed by atoms with Crippen molar-refractivity contribution in [2.24, 2.45) is 0 Å². The van der Waals surface area contributed by atoms with Gasteiger partial charge in [-0.15, -0.1) is 0 Å². The van der Waals surface area contributed by atoms with Crippen LogP contribution in [0.4, 0.5) is 0 Å². The molecule has 1 fully saturated rings. The predicted octanol–water partition coefficient (Wildman–Crippen LogP) is 5.27. The fourth-order valence-corrected chi connectivity index (χ4v) is 53.9. The average Bonchev–Trinajstić information content (AvgIpc) is 2.80. The van der Waals surface area contributed by atoms with Gasteiger partial charge in [0.05, 0.1) is 0 Å². The molecule has 1 nitrogen and oxygen atoms in total. The molecule has 0 amide bonds. The van der Waals surface area contributed by atoms with Gasteiger partial charge < -0.3 is 0 Å². The summed E-state index contributed by atoms with van der Waals surface area (Å²) in [7, 11) is 5.45. The van der Waals surface area contributed by atoms with Crippen LogP contribution in [0.25, 0.3) is 0 Å². The third-order valence-corrected chi connectivity index (χ3v) is 41.5. The van der Waals surface area contributed by atoms with Gasteiger partial charge in [-0.2, -0.15) is 0 Å². The first kappa shape index (κ1) is 17.7. The molecule has 5 heteroatoms. The predicted molar refractivity (Wildman–Crippen MR) is 93.5 cm³/mol. The van der Waals surface area contributed by atoms with Crippen LogP contribution in [0.1, 0.15) is 39.5 Å². The Morgan fingerprint density at radius 3 is 2.17 bits per heavy atom.